The van der Waals surface area contributed by atoms with Gasteiger partial charge in [-0.2, -0.15) is 18.3 Å². The lowest BCUT2D eigenvalue weighted by Gasteiger charge is -2.09. The Kier molecular flexibility index (Phi) is 5.52. The molecule has 2 aromatic carbocycles. The molecule has 1 N–H and O–H groups in total. The molecular weight excluding hydrogens is 363 g/mol. The van der Waals surface area contributed by atoms with Crippen LogP contribution < -0.4 is 10.2 Å². The van der Waals surface area contributed by atoms with Crippen molar-refractivity contribution in [3.8, 4) is 17.0 Å². The molecule has 0 saturated heterocycles. The van der Waals surface area contributed by atoms with Crippen LogP contribution >= 0.6 is 11.3 Å². The summed E-state index contributed by atoms with van der Waals surface area (Å²) in [6.07, 6.45) is -2.88. The van der Waals surface area contributed by atoms with Gasteiger partial charge in [0.25, 0.3) is 0 Å². The second-order valence-electron chi connectivity index (χ2n) is 5.25. The van der Waals surface area contributed by atoms with Gasteiger partial charge in [0.05, 0.1) is 11.9 Å². The normalized spacial score (nSPS) is 11.7. The minimum atomic E-state index is -4.37. The van der Waals surface area contributed by atoms with Crippen molar-refractivity contribution in [2.24, 2.45) is 5.10 Å². The molecule has 0 aliphatic carbocycles. The highest BCUT2D eigenvalue weighted by Crippen LogP contribution is 2.24. The highest BCUT2D eigenvalue weighted by Gasteiger charge is 2.28. The number of halogens is 3. The van der Waals surface area contributed by atoms with E-state index in [1.165, 1.54) is 29.7 Å². The Labute approximate surface area is 152 Å². The molecule has 26 heavy (non-hydrogen) atoms. The Balaban J connectivity index is 1.60. The van der Waals surface area contributed by atoms with Crippen LogP contribution in [0.2, 0.25) is 0 Å². The molecule has 3 rings (SSSR count). The Morgan fingerprint density at radius 1 is 1.12 bits per heavy atom. The van der Waals surface area contributed by atoms with Crippen molar-refractivity contribution >= 4 is 22.7 Å². The maximum atomic E-state index is 12.2. The molecule has 8 heteroatoms. The van der Waals surface area contributed by atoms with Crippen molar-refractivity contribution in [2.45, 2.75) is 6.18 Å². The third-order valence-electron chi connectivity index (χ3n) is 3.21. The number of hydrogen-bond acceptors (Lipinski definition) is 5. The van der Waals surface area contributed by atoms with E-state index >= 15 is 0 Å². The first-order chi connectivity index (χ1) is 12.5. The van der Waals surface area contributed by atoms with Crippen molar-refractivity contribution in [3.05, 3.63) is 65.5 Å². The number of hydrogen-bond donors (Lipinski definition) is 1. The molecule has 4 nitrogen and oxygen atoms in total. The number of hydrazone groups is 1. The Morgan fingerprint density at radius 3 is 2.69 bits per heavy atom. The summed E-state index contributed by atoms with van der Waals surface area (Å²) in [6, 6.07) is 16.0. The van der Waals surface area contributed by atoms with Crippen LogP contribution in [0.1, 0.15) is 5.56 Å². The average molecular weight is 377 g/mol. The first kappa shape index (κ1) is 17.9. The second-order valence-corrected chi connectivity index (χ2v) is 6.11. The average Bonchev–Trinajstić information content (AvgIpc) is 3.10. The summed E-state index contributed by atoms with van der Waals surface area (Å²) in [4.78, 5) is 4.43. The van der Waals surface area contributed by atoms with E-state index in [2.05, 4.69) is 15.5 Å². The smallest absolute Gasteiger partial charge is 0.422 e. The summed E-state index contributed by atoms with van der Waals surface area (Å²) >= 11 is 1.41. The number of thiazole rings is 1. The van der Waals surface area contributed by atoms with E-state index in [9.17, 15) is 13.2 Å². The lowest BCUT2D eigenvalue weighted by Crippen LogP contribution is -2.19. The number of ether oxygens (including phenoxy) is 1. The molecule has 0 amide bonds. The van der Waals surface area contributed by atoms with Crippen molar-refractivity contribution < 1.29 is 17.9 Å². The van der Waals surface area contributed by atoms with E-state index in [-0.39, 0.29) is 5.75 Å². The third-order valence-corrected chi connectivity index (χ3v) is 3.96. The zero-order valence-corrected chi connectivity index (χ0v) is 14.2. The van der Waals surface area contributed by atoms with Crippen LogP contribution in [0, 0.1) is 0 Å². The molecule has 0 saturated carbocycles. The number of rotatable bonds is 6. The van der Waals surface area contributed by atoms with E-state index < -0.39 is 12.8 Å². The summed E-state index contributed by atoms with van der Waals surface area (Å²) in [5, 5.41) is 6.59. The van der Waals surface area contributed by atoms with Gasteiger partial charge in [0.1, 0.15) is 5.75 Å². The van der Waals surface area contributed by atoms with Gasteiger partial charge >= 0.3 is 6.18 Å². The highest BCUT2D eigenvalue weighted by atomic mass is 32.1. The first-order valence-electron chi connectivity index (χ1n) is 7.59. The largest absolute Gasteiger partial charge is 0.484 e. The van der Waals surface area contributed by atoms with E-state index in [4.69, 9.17) is 4.74 Å². The second kappa shape index (κ2) is 8.01. The Morgan fingerprint density at radius 2 is 1.92 bits per heavy atom. The first-order valence-corrected chi connectivity index (χ1v) is 8.47. The van der Waals surface area contributed by atoms with Gasteiger partial charge in [0.2, 0.25) is 5.13 Å². The van der Waals surface area contributed by atoms with Crippen LogP contribution in [0.3, 0.4) is 0 Å². The molecule has 0 radical (unpaired) electrons. The Bertz CT molecular complexity index is 879. The number of aromatic nitrogens is 1. The maximum absolute atomic E-state index is 12.2. The fraction of sp³-hybridized carbons (Fsp3) is 0.111. The highest BCUT2D eigenvalue weighted by molar-refractivity contribution is 7.14. The van der Waals surface area contributed by atoms with Gasteiger partial charge in [-0.3, -0.25) is 5.43 Å². The molecule has 1 aromatic heterocycles. The van der Waals surface area contributed by atoms with Crippen molar-refractivity contribution in [3.63, 3.8) is 0 Å². The molecule has 0 spiro atoms. The fourth-order valence-corrected chi connectivity index (χ4v) is 2.75. The third kappa shape index (κ3) is 5.32. The predicted octanol–water partition coefficient (Wildman–Crippen LogP) is 5.20. The number of anilines is 1. The summed E-state index contributed by atoms with van der Waals surface area (Å²) < 4.78 is 41.3. The Hall–Kier alpha value is -2.87. The number of benzene rings is 2. The SMILES string of the molecule is FC(F)(F)COc1cccc(C=NNc2nc(-c3ccccc3)cs2)c1. The lowest BCUT2D eigenvalue weighted by molar-refractivity contribution is -0.153. The minimum Gasteiger partial charge on any atom is -0.484 e. The monoisotopic (exact) mass is 377 g/mol. The van der Waals surface area contributed by atoms with Crippen LogP contribution in [0.5, 0.6) is 5.75 Å². The maximum Gasteiger partial charge on any atom is 0.422 e. The van der Waals surface area contributed by atoms with E-state index in [0.717, 1.165) is 11.3 Å². The number of nitrogens with one attached hydrogen (secondary N) is 1. The molecule has 134 valence electrons. The number of nitrogens with zero attached hydrogens (tertiary/aromatic N) is 2. The van der Waals surface area contributed by atoms with Gasteiger partial charge in [-0.1, -0.05) is 42.5 Å². The van der Waals surface area contributed by atoms with Crippen LogP contribution in [-0.2, 0) is 0 Å². The molecule has 0 unspecified atom stereocenters. The summed E-state index contributed by atoms with van der Waals surface area (Å²) in [6.45, 7) is -1.33. The molecule has 0 aliphatic heterocycles. The molecule has 0 bridgehead atoms. The standard InChI is InChI=1S/C18H14F3N3OS/c19-18(20,21)12-25-15-8-4-5-13(9-15)10-22-24-17-23-16(11-26-17)14-6-2-1-3-7-14/h1-11H,12H2,(H,23,24). The van der Waals surface area contributed by atoms with Gasteiger partial charge in [-0.05, 0) is 17.7 Å². The van der Waals surface area contributed by atoms with Gasteiger partial charge in [-0.25, -0.2) is 4.98 Å². The molecule has 0 aliphatic rings. The lowest BCUT2D eigenvalue weighted by atomic mass is 10.2. The van der Waals surface area contributed by atoms with Crippen LogP contribution in [0.15, 0.2) is 65.1 Å². The summed E-state index contributed by atoms with van der Waals surface area (Å²) in [5.74, 6) is 0.131. The predicted molar refractivity (Wildman–Crippen MR) is 96.8 cm³/mol. The van der Waals surface area contributed by atoms with Crippen molar-refractivity contribution in [2.75, 3.05) is 12.0 Å². The van der Waals surface area contributed by atoms with E-state index in [1.807, 2.05) is 35.7 Å². The van der Waals surface area contributed by atoms with Crippen LogP contribution in [0.4, 0.5) is 18.3 Å². The zero-order chi connectivity index (χ0) is 18.4. The molecule has 0 fully saturated rings. The van der Waals surface area contributed by atoms with E-state index in [0.29, 0.717) is 10.7 Å². The van der Waals surface area contributed by atoms with Gasteiger partial charge in [0, 0.05) is 10.9 Å². The van der Waals surface area contributed by atoms with Crippen LogP contribution in [-0.4, -0.2) is 24.0 Å². The van der Waals surface area contributed by atoms with Crippen LogP contribution in [0.25, 0.3) is 11.3 Å². The van der Waals surface area contributed by atoms with Crippen molar-refractivity contribution in [1.29, 1.82) is 0 Å². The number of alkyl halides is 3. The van der Waals surface area contributed by atoms with E-state index in [1.54, 1.807) is 12.1 Å². The molecule has 3 aromatic rings. The van der Waals surface area contributed by atoms with Gasteiger partial charge in [0.15, 0.2) is 6.61 Å². The molecular formula is C18H14F3N3OS. The minimum absolute atomic E-state index is 0.131. The quantitative estimate of drug-likeness (QED) is 0.475. The summed E-state index contributed by atoms with van der Waals surface area (Å²) in [5.41, 5.74) is 5.28. The molecule has 1 heterocycles. The summed E-state index contributed by atoms with van der Waals surface area (Å²) in [7, 11) is 0. The zero-order valence-electron chi connectivity index (χ0n) is 13.4. The van der Waals surface area contributed by atoms with Gasteiger partial charge in [-0.15, -0.1) is 11.3 Å². The van der Waals surface area contributed by atoms with Crippen molar-refractivity contribution in [1.82, 2.24) is 4.98 Å². The van der Waals surface area contributed by atoms with Gasteiger partial charge < -0.3 is 4.74 Å². The topological polar surface area (TPSA) is 46.5 Å². The fourth-order valence-electron chi connectivity index (χ4n) is 2.08. The molecule has 0 atom stereocenters.